The number of fused-ring (bicyclic) bond motifs is 1. The van der Waals surface area contributed by atoms with Gasteiger partial charge in [0.2, 0.25) is 15.0 Å². The molecule has 0 bridgehead atoms. The monoisotopic (exact) mass is 358 g/mol. The smallest absolute Gasteiger partial charge is 0.275 e. The van der Waals surface area contributed by atoms with Gasteiger partial charge in [0, 0.05) is 31.6 Å². The number of sulfone groups is 1. The molecular formula is C14H19ClN4O3S. The number of hydrogen-bond donors (Lipinski definition) is 1. The highest BCUT2D eigenvalue weighted by Gasteiger charge is 2.32. The molecule has 0 saturated carbocycles. The second kappa shape index (κ2) is 6.46. The summed E-state index contributed by atoms with van der Waals surface area (Å²) in [5, 5.41) is -0.116. The minimum Gasteiger partial charge on any atom is -0.333 e. The topological polar surface area (TPSA) is 97.8 Å². The first-order chi connectivity index (χ1) is 10.4. The van der Waals surface area contributed by atoms with Crippen LogP contribution in [0, 0.1) is 0 Å². The summed E-state index contributed by atoms with van der Waals surface area (Å²) in [5.74, 6) is -0.258. The summed E-state index contributed by atoms with van der Waals surface area (Å²) < 4.78 is 25.2. The van der Waals surface area contributed by atoms with E-state index in [0.717, 1.165) is 19.1 Å². The fourth-order valence-corrected chi connectivity index (χ4v) is 3.69. The molecule has 0 radical (unpaired) electrons. The average Bonchev–Trinajstić information content (AvgIpc) is 3.10. The number of nitrogens with two attached hydrogens (primary N) is 1. The number of aromatic nitrogens is 2. The molecule has 126 valence electrons. The Kier molecular flexibility index (Phi) is 4.98. The lowest BCUT2D eigenvalue weighted by atomic mass is 10.2. The molecule has 2 aromatic rings. The molecule has 1 atom stereocenters. The first-order valence-electron chi connectivity index (χ1n) is 7.11. The van der Waals surface area contributed by atoms with E-state index < -0.39 is 9.84 Å². The van der Waals surface area contributed by atoms with Gasteiger partial charge in [0.05, 0.1) is 5.52 Å². The van der Waals surface area contributed by atoms with Crippen LogP contribution in [0.25, 0.3) is 5.52 Å². The first-order valence-corrected chi connectivity index (χ1v) is 9.01. The van der Waals surface area contributed by atoms with Crippen LogP contribution in [0.4, 0.5) is 0 Å². The number of amides is 1. The Hall–Kier alpha value is -1.64. The van der Waals surface area contributed by atoms with E-state index in [0.29, 0.717) is 18.6 Å². The number of imidazole rings is 1. The first kappa shape index (κ1) is 17.7. The van der Waals surface area contributed by atoms with E-state index in [1.165, 1.54) is 4.40 Å². The summed E-state index contributed by atoms with van der Waals surface area (Å²) in [6.45, 7) is 1.03. The van der Waals surface area contributed by atoms with Crippen LogP contribution < -0.4 is 5.73 Å². The number of carbonyl (C=O) groups excluding carboxylic acids is 1. The van der Waals surface area contributed by atoms with E-state index in [4.69, 9.17) is 5.73 Å². The van der Waals surface area contributed by atoms with Crippen molar-refractivity contribution in [2.45, 2.75) is 24.0 Å². The molecule has 1 amide bonds. The van der Waals surface area contributed by atoms with Gasteiger partial charge in [-0.3, -0.25) is 9.20 Å². The fraction of sp³-hybridized carbons (Fsp3) is 0.429. The van der Waals surface area contributed by atoms with Crippen molar-refractivity contribution in [2.75, 3.05) is 19.3 Å². The largest absolute Gasteiger partial charge is 0.333 e. The number of pyridine rings is 1. The lowest BCUT2D eigenvalue weighted by Crippen LogP contribution is -2.40. The Morgan fingerprint density at radius 2 is 2.17 bits per heavy atom. The van der Waals surface area contributed by atoms with E-state index in [1.54, 1.807) is 29.3 Å². The summed E-state index contributed by atoms with van der Waals surface area (Å²) in [6.07, 6.45) is 4.45. The molecule has 1 unspecified atom stereocenters. The van der Waals surface area contributed by atoms with Crippen molar-refractivity contribution < 1.29 is 13.2 Å². The molecule has 0 spiro atoms. The van der Waals surface area contributed by atoms with Gasteiger partial charge in [0.15, 0.2) is 5.69 Å². The van der Waals surface area contributed by atoms with Crippen LogP contribution in [-0.2, 0) is 9.84 Å². The van der Waals surface area contributed by atoms with Crippen LogP contribution in [-0.4, -0.2) is 54.0 Å². The van der Waals surface area contributed by atoms with Crippen LogP contribution in [0.1, 0.15) is 23.3 Å². The van der Waals surface area contributed by atoms with Crippen molar-refractivity contribution in [3.8, 4) is 0 Å². The molecule has 9 heteroatoms. The van der Waals surface area contributed by atoms with Crippen molar-refractivity contribution in [1.29, 1.82) is 0 Å². The highest BCUT2D eigenvalue weighted by molar-refractivity contribution is 7.90. The molecule has 2 aromatic heterocycles. The Labute approximate surface area is 140 Å². The highest BCUT2D eigenvalue weighted by Crippen LogP contribution is 2.23. The third kappa shape index (κ3) is 3.06. The second-order valence-corrected chi connectivity index (χ2v) is 7.41. The zero-order valence-electron chi connectivity index (χ0n) is 12.7. The van der Waals surface area contributed by atoms with Crippen LogP contribution in [0.3, 0.4) is 0 Å². The maximum Gasteiger partial charge on any atom is 0.275 e. The van der Waals surface area contributed by atoms with Crippen LogP contribution in [0.5, 0.6) is 0 Å². The summed E-state index contributed by atoms with van der Waals surface area (Å²) in [4.78, 5) is 18.6. The van der Waals surface area contributed by atoms with E-state index in [9.17, 15) is 13.2 Å². The normalized spacial score (nSPS) is 18.2. The van der Waals surface area contributed by atoms with Gasteiger partial charge in [-0.25, -0.2) is 13.4 Å². The minimum atomic E-state index is -3.53. The standard InChI is InChI=1S/C14H18N4O3S.ClH/c1-22(20,21)14-16-12(11-6-2-3-7-18(11)14)13(19)17-8-4-5-10(17)9-15;/h2-3,6-7,10H,4-5,8-9,15H2,1H3;1H. The summed E-state index contributed by atoms with van der Waals surface area (Å²) in [5.41, 5.74) is 6.38. The van der Waals surface area contributed by atoms with Gasteiger partial charge in [0.1, 0.15) is 0 Å². The van der Waals surface area contributed by atoms with Crippen LogP contribution in [0.15, 0.2) is 29.6 Å². The van der Waals surface area contributed by atoms with Crippen molar-refractivity contribution in [2.24, 2.45) is 5.73 Å². The van der Waals surface area contributed by atoms with Gasteiger partial charge in [-0.2, -0.15) is 0 Å². The Morgan fingerprint density at radius 3 is 2.83 bits per heavy atom. The molecule has 3 rings (SSSR count). The van der Waals surface area contributed by atoms with Crippen molar-refractivity contribution >= 4 is 33.7 Å². The summed E-state index contributed by atoms with van der Waals surface area (Å²) in [6, 6.07) is 5.15. The summed E-state index contributed by atoms with van der Waals surface area (Å²) in [7, 11) is -3.53. The van der Waals surface area contributed by atoms with Gasteiger partial charge in [-0.15, -0.1) is 12.4 Å². The Balaban J connectivity index is 0.00000192. The molecule has 1 aliphatic rings. The molecule has 0 aliphatic carbocycles. The number of carbonyl (C=O) groups is 1. The fourth-order valence-electron chi connectivity index (χ4n) is 2.91. The Bertz CT molecular complexity index is 834. The molecule has 1 aliphatic heterocycles. The number of hydrogen-bond acceptors (Lipinski definition) is 5. The molecule has 3 heterocycles. The predicted octanol–water partition coefficient (Wildman–Crippen LogP) is 0.723. The van der Waals surface area contributed by atoms with E-state index in [2.05, 4.69) is 4.98 Å². The third-order valence-electron chi connectivity index (χ3n) is 3.96. The van der Waals surface area contributed by atoms with Gasteiger partial charge < -0.3 is 10.6 Å². The molecule has 1 saturated heterocycles. The lowest BCUT2D eigenvalue weighted by molar-refractivity contribution is 0.0737. The van der Waals surface area contributed by atoms with Crippen LogP contribution >= 0.6 is 12.4 Å². The van der Waals surface area contributed by atoms with Gasteiger partial charge in [-0.05, 0) is 25.0 Å². The zero-order chi connectivity index (χ0) is 15.9. The molecule has 1 fully saturated rings. The molecular weight excluding hydrogens is 340 g/mol. The van der Waals surface area contributed by atoms with E-state index in [-0.39, 0.29) is 35.2 Å². The second-order valence-electron chi connectivity index (χ2n) is 5.50. The number of halogens is 1. The van der Waals surface area contributed by atoms with Crippen molar-refractivity contribution in [3.63, 3.8) is 0 Å². The van der Waals surface area contributed by atoms with Crippen molar-refractivity contribution in [3.05, 3.63) is 30.1 Å². The number of nitrogens with zero attached hydrogens (tertiary/aromatic N) is 3. The molecule has 2 N–H and O–H groups in total. The molecule has 23 heavy (non-hydrogen) atoms. The number of rotatable bonds is 3. The van der Waals surface area contributed by atoms with Crippen LogP contribution in [0.2, 0.25) is 0 Å². The lowest BCUT2D eigenvalue weighted by Gasteiger charge is -2.22. The SMILES string of the molecule is CS(=O)(=O)c1nc(C(=O)N2CCCC2CN)c2ccccn12.Cl. The number of likely N-dealkylation sites (tertiary alicyclic amines) is 1. The minimum absolute atomic E-state index is 0. The third-order valence-corrected chi connectivity index (χ3v) is 4.91. The van der Waals surface area contributed by atoms with E-state index in [1.807, 2.05) is 0 Å². The predicted molar refractivity (Wildman–Crippen MR) is 88.7 cm³/mol. The maximum atomic E-state index is 12.8. The Morgan fingerprint density at radius 1 is 1.43 bits per heavy atom. The van der Waals surface area contributed by atoms with Gasteiger partial charge in [0.25, 0.3) is 5.91 Å². The molecule has 0 aromatic carbocycles. The maximum absolute atomic E-state index is 12.8. The van der Waals surface area contributed by atoms with E-state index >= 15 is 0 Å². The summed E-state index contributed by atoms with van der Waals surface area (Å²) >= 11 is 0. The molecule has 7 nitrogen and oxygen atoms in total. The van der Waals surface area contributed by atoms with Crippen molar-refractivity contribution in [1.82, 2.24) is 14.3 Å². The average molecular weight is 359 g/mol. The highest BCUT2D eigenvalue weighted by atomic mass is 35.5. The zero-order valence-corrected chi connectivity index (χ0v) is 14.3. The van der Waals surface area contributed by atoms with Gasteiger partial charge in [-0.1, -0.05) is 6.07 Å². The quantitative estimate of drug-likeness (QED) is 0.871. The van der Waals surface area contributed by atoms with Gasteiger partial charge >= 0.3 is 0 Å².